The Morgan fingerprint density at radius 3 is 2.80 bits per heavy atom. The summed E-state index contributed by atoms with van der Waals surface area (Å²) in [6, 6.07) is 0.846. The Morgan fingerprint density at radius 1 is 1.07 bits per heavy atom. The van der Waals surface area contributed by atoms with E-state index in [2.05, 4.69) is 9.80 Å². The van der Waals surface area contributed by atoms with Crippen LogP contribution in [-0.2, 0) is 0 Å². The van der Waals surface area contributed by atoms with Crippen molar-refractivity contribution in [2.75, 3.05) is 39.3 Å². The van der Waals surface area contributed by atoms with Crippen molar-refractivity contribution in [3.05, 3.63) is 0 Å². The largest absolute Gasteiger partial charge is 0.330 e. The van der Waals surface area contributed by atoms with Crippen molar-refractivity contribution in [2.24, 2.45) is 5.73 Å². The molecule has 0 aromatic heterocycles. The zero-order chi connectivity index (χ0) is 10.5. The van der Waals surface area contributed by atoms with Gasteiger partial charge in [0.1, 0.15) is 0 Å². The van der Waals surface area contributed by atoms with E-state index in [1.54, 1.807) is 0 Å². The van der Waals surface area contributed by atoms with E-state index in [0.29, 0.717) is 0 Å². The number of fused-ring (bicyclic) bond motifs is 1. The maximum Gasteiger partial charge on any atom is 0.0223 e. The first-order valence-corrected chi connectivity index (χ1v) is 6.56. The van der Waals surface area contributed by atoms with Gasteiger partial charge in [0.2, 0.25) is 0 Å². The van der Waals surface area contributed by atoms with Gasteiger partial charge in [0.05, 0.1) is 0 Å². The van der Waals surface area contributed by atoms with Gasteiger partial charge < -0.3 is 10.6 Å². The second-order valence-electron chi connectivity index (χ2n) is 4.98. The van der Waals surface area contributed by atoms with Crippen LogP contribution in [0, 0.1) is 0 Å². The Hall–Kier alpha value is -0.120. The molecule has 2 heterocycles. The fourth-order valence-electron chi connectivity index (χ4n) is 2.97. The molecule has 2 N–H and O–H groups in total. The molecule has 0 amide bonds. The molecule has 0 radical (unpaired) electrons. The van der Waals surface area contributed by atoms with Crippen LogP contribution < -0.4 is 5.73 Å². The van der Waals surface area contributed by atoms with Gasteiger partial charge >= 0.3 is 0 Å². The third kappa shape index (κ3) is 3.16. The van der Waals surface area contributed by atoms with E-state index in [1.807, 2.05) is 0 Å². The Kier molecular flexibility index (Phi) is 4.42. The summed E-state index contributed by atoms with van der Waals surface area (Å²) in [5.41, 5.74) is 5.58. The van der Waals surface area contributed by atoms with Crippen molar-refractivity contribution < 1.29 is 0 Å². The summed E-state index contributed by atoms with van der Waals surface area (Å²) in [5, 5.41) is 0. The lowest BCUT2D eigenvalue weighted by Gasteiger charge is -2.35. The van der Waals surface area contributed by atoms with Crippen LogP contribution in [0.2, 0.25) is 0 Å². The molecule has 0 saturated carbocycles. The van der Waals surface area contributed by atoms with E-state index >= 15 is 0 Å². The molecular formula is C12H25N3. The Labute approximate surface area is 93.6 Å². The lowest BCUT2D eigenvalue weighted by molar-refractivity contribution is 0.136. The zero-order valence-electron chi connectivity index (χ0n) is 9.83. The lowest BCUT2D eigenvalue weighted by atomic mass is 10.0. The van der Waals surface area contributed by atoms with Crippen molar-refractivity contribution in [1.82, 2.24) is 9.80 Å². The molecule has 1 unspecified atom stereocenters. The molecule has 3 heteroatoms. The predicted molar refractivity (Wildman–Crippen MR) is 63.9 cm³/mol. The van der Waals surface area contributed by atoms with Crippen LogP contribution in [0.3, 0.4) is 0 Å². The quantitative estimate of drug-likeness (QED) is 0.752. The number of nitrogens with two attached hydrogens (primary N) is 1. The second kappa shape index (κ2) is 5.83. The van der Waals surface area contributed by atoms with Crippen molar-refractivity contribution >= 4 is 0 Å². The summed E-state index contributed by atoms with van der Waals surface area (Å²) in [6.45, 7) is 7.29. The van der Waals surface area contributed by atoms with Crippen molar-refractivity contribution in [3.63, 3.8) is 0 Å². The van der Waals surface area contributed by atoms with Crippen molar-refractivity contribution in [1.29, 1.82) is 0 Å². The van der Waals surface area contributed by atoms with E-state index in [0.717, 1.165) is 19.0 Å². The SMILES string of the molecule is NCCCN1CCCN2CCCCC2C1. The maximum atomic E-state index is 5.58. The highest BCUT2D eigenvalue weighted by atomic mass is 15.2. The highest BCUT2D eigenvalue weighted by Crippen LogP contribution is 2.20. The summed E-state index contributed by atoms with van der Waals surface area (Å²) in [7, 11) is 0. The molecule has 2 fully saturated rings. The average Bonchev–Trinajstić information content (AvgIpc) is 2.47. The summed E-state index contributed by atoms with van der Waals surface area (Å²) in [5.74, 6) is 0. The minimum Gasteiger partial charge on any atom is -0.330 e. The highest BCUT2D eigenvalue weighted by molar-refractivity contribution is 4.83. The van der Waals surface area contributed by atoms with Gasteiger partial charge in [0.25, 0.3) is 0 Å². The third-order valence-electron chi connectivity index (χ3n) is 3.82. The third-order valence-corrected chi connectivity index (χ3v) is 3.82. The number of rotatable bonds is 3. The van der Waals surface area contributed by atoms with Gasteiger partial charge in [-0.1, -0.05) is 6.42 Å². The second-order valence-corrected chi connectivity index (χ2v) is 4.98. The van der Waals surface area contributed by atoms with Crippen LogP contribution >= 0.6 is 0 Å². The molecule has 0 aromatic carbocycles. The molecule has 0 aromatic rings. The first kappa shape index (κ1) is 11.4. The van der Waals surface area contributed by atoms with Gasteiger partial charge in [-0.05, 0) is 58.4 Å². The molecule has 0 aliphatic carbocycles. The van der Waals surface area contributed by atoms with Crippen LogP contribution in [0.25, 0.3) is 0 Å². The first-order valence-electron chi connectivity index (χ1n) is 6.56. The molecule has 88 valence electrons. The Balaban J connectivity index is 1.84. The van der Waals surface area contributed by atoms with E-state index in [-0.39, 0.29) is 0 Å². The predicted octanol–water partition coefficient (Wildman–Crippen LogP) is 0.895. The smallest absolute Gasteiger partial charge is 0.0223 e. The van der Waals surface area contributed by atoms with Crippen LogP contribution in [0.5, 0.6) is 0 Å². The molecular weight excluding hydrogens is 186 g/mol. The zero-order valence-corrected chi connectivity index (χ0v) is 9.83. The Bertz CT molecular complexity index is 184. The molecule has 2 saturated heterocycles. The Morgan fingerprint density at radius 2 is 1.93 bits per heavy atom. The molecule has 2 rings (SSSR count). The van der Waals surface area contributed by atoms with Gasteiger partial charge in [-0.2, -0.15) is 0 Å². The fraction of sp³-hybridized carbons (Fsp3) is 1.00. The number of nitrogens with zero attached hydrogens (tertiary/aromatic N) is 2. The average molecular weight is 211 g/mol. The van der Waals surface area contributed by atoms with E-state index in [4.69, 9.17) is 5.73 Å². The summed E-state index contributed by atoms with van der Waals surface area (Å²) in [6.07, 6.45) is 6.78. The summed E-state index contributed by atoms with van der Waals surface area (Å²) >= 11 is 0. The maximum absolute atomic E-state index is 5.58. The minimum absolute atomic E-state index is 0.838. The van der Waals surface area contributed by atoms with Gasteiger partial charge in [-0.15, -0.1) is 0 Å². The van der Waals surface area contributed by atoms with Gasteiger partial charge in [-0.3, -0.25) is 4.90 Å². The normalized spacial score (nSPS) is 29.8. The molecule has 0 bridgehead atoms. The number of hydrogen-bond acceptors (Lipinski definition) is 3. The van der Waals surface area contributed by atoms with Crippen molar-refractivity contribution in [3.8, 4) is 0 Å². The first-order chi connectivity index (χ1) is 7.40. The van der Waals surface area contributed by atoms with E-state index in [9.17, 15) is 0 Å². The molecule has 15 heavy (non-hydrogen) atoms. The summed E-state index contributed by atoms with van der Waals surface area (Å²) in [4.78, 5) is 5.34. The van der Waals surface area contributed by atoms with E-state index < -0.39 is 0 Å². The molecule has 2 aliphatic rings. The number of piperidine rings is 1. The lowest BCUT2D eigenvalue weighted by Crippen LogP contribution is -2.44. The molecule has 2 aliphatic heterocycles. The van der Waals surface area contributed by atoms with Gasteiger partial charge in [0, 0.05) is 12.6 Å². The number of hydrogen-bond donors (Lipinski definition) is 1. The highest BCUT2D eigenvalue weighted by Gasteiger charge is 2.26. The van der Waals surface area contributed by atoms with Crippen LogP contribution in [-0.4, -0.2) is 55.1 Å². The standard InChI is InChI=1S/C12H25N3/c13-6-3-7-14-8-4-10-15-9-2-1-5-12(15)11-14/h12H,1-11,13H2. The van der Waals surface area contributed by atoms with Gasteiger partial charge in [-0.25, -0.2) is 0 Å². The monoisotopic (exact) mass is 211 g/mol. The van der Waals surface area contributed by atoms with Gasteiger partial charge in [0.15, 0.2) is 0 Å². The molecule has 3 nitrogen and oxygen atoms in total. The minimum atomic E-state index is 0.838. The topological polar surface area (TPSA) is 32.5 Å². The van der Waals surface area contributed by atoms with E-state index in [1.165, 1.54) is 58.4 Å². The molecule has 1 atom stereocenters. The fourth-order valence-corrected chi connectivity index (χ4v) is 2.97. The summed E-state index contributed by atoms with van der Waals surface area (Å²) < 4.78 is 0. The van der Waals surface area contributed by atoms with Crippen LogP contribution in [0.15, 0.2) is 0 Å². The van der Waals surface area contributed by atoms with Crippen molar-refractivity contribution in [2.45, 2.75) is 38.1 Å². The van der Waals surface area contributed by atoms with Crippen LogP contribution in [0.4, 0.5) is 0 Å². The van der Waals surface area contributed by atoms with Crippen LogP contribution in [0.1, 0.15) is 32.1 Å². The molecule has 0 spiro atoms.